The van der Waals surface area contributed by atoms with Crippen LogP contribution >= 0.6 is 0 Å². The number of aromatic nitrogens is 1. The van der Waals surface area contributed by atoms with Gasteiger partial charge in [-0.3, -0.25) is 0 Å². The Balaban J connectivity index is 1.39. The Hall–Kier alpha value is -1.94. The van der Waals surface area contributed by atoms with Gasteiger partial charge in [0.05, 0.1) is 0 Å². The Labute approximate surface area is 138 Å². The van der Waals surface area contributed by atoms with Gasteiger partial charge in [0.15, 0.2) is 0 Å². The minimum atomic E-state index is 0.815. The maximum atomic E-state index is 3.46. The first-order valence-corrected chi connectivity index (χ1v) is 8.73. The van der Waals surface area contributed by atoms with Crippen LogP contribution in [0.1, 0.15) is 24.1 Å². The molecular formula is C19H28N4. The predicted octanol–water partition coefficient (Wildman–Crippen LogP) is 2.67. The zero-order chi connectivity index (χ0) is 15.9. The van der Waals surface area contributed by atoms with Crippen LogP contribution in [0.15, 0.2) is 36.7 Å². The molecule has 0 bridgehead atoms. The van der Waals surface area contributed by atoms with Crippen molar-refractivity contribution < 1.29 is 0 Å². The molecule has 1 aliphatic rings. The van der Waals surface area contributed by atoms with Gasteiger partial charge in [-0.15, -0.1) is 0 Å². The second-order valence-corrected chi connectivity index (χ2v) is 6.41. The van der Waals surface area contributed by atoms with Gasteiger partial charge in [0.25, 0.3) is 0 Å². The largest absolute Gasteiger partial charge is 0.389 e. The molecule has 124 valence electrons. The highest BCUT2D eigenvalue weighted by atomic mass is 14.9. The maximum absolute atomic E-state index is 3.46. The lowest BCUT2D eigenvalue weighted by Gasteiger charge is -2.22. The molecule has 0 saturated carbocycles. The molecular weight excluding hydrogens is 284 g/mol. The van der Waals surface area contributed by atoms with E-state index in [4.69, 9.17) is 0 Å². The van der Waals surface area contributed by atoms with Crippen LogP contribution in [-0.4, -0.2) is 31.2 Å². The molecule has 1 saturated heterocycles. The van der Waals surface area contributed by atoms with Gasteiger partial charge < -0.3 is 20.9 Å². The van der Waals surface area contributed by atoms with Crippen molar-refractivity contribution in [3.8, 4) is 0 Å². The zero-order valence-corrected chi connectivity index (χ0v) is 14.0. The van der Waals surface area contributed by atoms with Gasteiger partial charge in [-0.2, -0.15) is 0 Å². The van der Waals surface area contributed by atoms with Gasteiger partial charge in [0, 0.05) is 42.1 Å². The first-order valence-electron chi connectivity index (χ1n) is 8.73. The summed E-state index contributed by atoms with van der Waals surface area (Å²) >= 11 is 0. The minimum absolute atomic E-state index is 0.815. The SMILES string of the molecule is Cc1[nH]c2ccccc2c1CCN/C=C\NCC1CCNCC1. The molecule has 0 atom stereocenters. The Morgan fingerprint density at radius 1 is 1.13 bits per heavy atom. The van der Waals surface area contributed by atoms with E-state index in [9.17, 15) is 0 Å². The van der Waals surface area contributed by atoms with Crippen LogP contribution in [0.25, 0.3) is 10.9 Å². The molecule has 0 spiro atoms. The van der Waals surface area contributed by atoms with Crippen LogP contribution in [0.5, 0.6) is 0 Å². The maximum Gasteiger partial charge on any atom is 0.0458 e. The van der Waals surface area contributed by atoms with Gasteiger partial charge in [0.2, 0.25) is 0 Å². The minimum Gasteiger partial charge on any atom is -0.389 e. The fourth-order valence-corrected chi connectivity index (χ4v) is 3.38. The third kappa shape index (κ3) is 4.29. The topological polar surface area (TPSA) is 51.9 Å². The highest BCUT2D eigenvalue weighted by molar-refractivity contribution is 5.84. The van der Waals surface area contributed by atoms with E-state index in [1.807, 2.05) is 12.4 Å². The molecule has 2 heterocycles. The number of aromatic amines is 1. The Morgan fingerprint density at radius 3 is 2.78 bits per heavy atom. The van der Waals surface area contributed by atoms with Crippen molar-refractivity contribution >= 4 is 10.9 Å². The second kappa shape index (κ2) is 8.06. The van der Waals surface area contributed by atoms with Crippen LogP contribution < -0.4 is 16.0 Å². The monoisotopic (exact) mass is 312 g/mol. The van der Waals surface area contributed by atoms with Crippen molar-refractivity contribution in [3.63, 3.8) is 0 Å². The highest BCUT2D eigenvalue weighted by Gasteiger charge is 2.11. The van der Waals surface area contributed by atoms with Gasteiger partial charge in [0.1, 0.15) is 0 Å². The second-order valence-electron chi connectivity index (χ2n) is 6.41. The number of piperidine rings is 1. The zero-order valence-electron chi connectivity index (χ0n) is 14.0. The summed E-state index contributed by atoms with van der Waals surface area (Å²) in [6, 6.07) is 8.53. The van der Waals surface area contributed by atoms with E-state index in [1.165, 1.54) is 35.0 Å². The highest BCUT2D eigenvalue weighted by Crippen LogP contribution is 2.21. The molecule has 4 nitrogen and oxygen atoms in total. The number of aryl methyl sites for hydroxylation is 1. The molecule has 1 aliphatic heterocycles. The van der Waals surface area contributed by atoms with E-state index in [0.717, 1.165) is 38.5 Å². The summed E-state index contributed by atoms with van der Waals surface area (Å²) in [6.45, 7) is 6.53. The van der Waals surface area contributed by atoms with E-state index in [1.54, 1.807) is 0 Å². The third-order valence-corrected chi connectivity index (χ3v) is 4.73. The van der Waals surface area contributed by atoms with Crippen LogP contribution in [-0.2, 0) is 6.42 Å². The Morgan fingerprint density at radius 2 is 1.91 bits per heavy atom. The molecule has 0 amide bonds. The van der Waals surface area contributed by atoms with Gasteiger partial charge in [-0.05, 0) is 56.8 Å². The Bertz CT molecular complexity index is 638. The molecule has 0 radical (unpaired) electrons. The van der Waals surface area contributed by atoms with Gasteiger partial charge >= 0.3 is 0 Å². The molecule has 0 unspecified atom stereocenters. The molecule has 1 aromatic carbocycles. The summed E-state index contributed by atoms with van der Waals surface area (Å²) in [5, 5.41) is 11.5. The average Bonchev–Trinajstić information content (AvgIpc) is 2.90. The summed E-state index contributed by atoms with van der Waals surface area (Å²) in [5.74, 6) is 0.815. The van der Waals surface area contributed by atoms with E-state index in [-0.39, 0.29) is 0 Å². The number of hydrogen-bond acceptors (Lipinski definition) is 3. The molecule has 1 aromatic heterocycles. The first kappa shape index (κ1) is 15.9. The van der Waals surface area contributed by atoms with Crippen LogP contribution in [0.3, 0.4) is 0 Å². The number of rotatable bonds is 7. The number of para-hydroxylation sites is 1. The van der Waals surface area contributed by atoms with Crippen LogP contribution in [0.2, 0.25) is 0 Å². The number of benzene rings is 1. The summed E-state index contributed by atoms with van der Waals surface area (Å²) in [6.07, 6.45) is 7.69. The average molecular weight is 312 g/mol. The lowest BCUT2D eigenvalue weighted by Crippen LogP contribution is -2.32. The quantitative estimate of drug-likeness (QED) is 0.595. The molecule has 23 heavy (non-hydrogen) atoms. The van der Waals surface area contributed by atoms with E-state index in [2.05, 4.69) is 52.1 Å². The van der Waals surface area contributed by atoms with Crippen LogP contribution in [0.4, 0.5) is 0 Å². The van der Waals surface area contributed by atoms with Crippen molar-refractivity contribution in [2.24, 2.45) is 5.92 Å². The molecule has 4 N–H and O–H groups in total. The van der Waals surface area contributed by atoms with Crippen molar-refractivity contribution in [2.75, 3.05) is 26.2 Å². The Kier molecular flexibility index (Phi) is 5.59. The summed E-state index contributed by atoms with van der Waals surface area (Å²) in [5.41, 5.74) is 3.93. The van der Waals surface area contributed by atoms with E-state index in [0.29, 0.717) is 0 Å². The molecule has 3 rings (SSSR count). The summed E-state index contributed by atoms with van der Waals surface area (Å²) in [4.78, 5) is 3.46. The number of nitrogens with one attached hydrogen (secondary N) is 4. The third-order valence-electron chi connectivity index (χ3n) is 4.73. The molecule has 2 aromatic rings. The standard InChI is InChI=1S/C19H28N4/c1-15-17(18-4-2-3-5-19(18)23-15)8-11-21-12-13-22-14-16-6-9-20-10-7-16/h2-5,12-13,16,20-23H,6-11,14H2,1H3/b13-12-. The predicted molar refractivity (Wildman–Crippen MR) is 97.5 cm³/mol. The smallest absolute Gasteiger partial charge is 0.0458 e. The van der Waals surface area contributed by atoms with Crippen molar-refractivity contribution in [3.05, 3.63) is 47.9 Å². The normalized spacial score (nSPS) is 16.2. The summed E-state index contributed by atoms with van der Waals surface area (Å²) < 4.78 is 0. The van der Waals surface area contributed by atoms with E-state index < -0.39 is 0 Å². The van der Waals surface area contributed by atoms with Gasteiger partial charge in [-0.25, -0.2) is 0 Å². The number of H-pyrrole nitrogens is 1. The number of fused-ring (bicyclic) bond motifs is 1. The molecule has 0 aliphatic carbocycles. The first-order chi connectivity index (χ1) is 11.3. The summed E-state index contributed by atoms with van der Waals surface area (Å²) in [7, 11) is 0. The number of hydrogen-bond donors (Lipinski definition) is 4. The molecule has 4 heteroatoms. The van der Waals surface area contributed by atoms with E-state index >= 15 is 0 Å². The fourth-order valence-electron chi connectivity index (χ4n) is 3.38. The van der Waals surface area contributed by atoms with Crippen LogP contribution in [0, 0.1) is 12.8 Å². The van der Waals surface area contributed by atoms with Crippen molar-refractivity contribution in [1.29, 1.82) is 0 Å². The van der Waals surface area contributed by atoms with Crippen molar-refractivity contribution in [2.45, 2.75) is 26.2 Å². The fraction of sp³-hybridized carbons (Fsp3) is 0.474. The van der Waals surface area contributed by atoms with Gasteiger partial charge in [-0.1, -0.05) is 18.2 Å². The lowest BCUT2D eigenvalue weighted by molar-refractivity contribution is 0.369. The lowest BCUT2D eigenvalue weighted by atomic mass is 9.98. The molecule has 1 fully saturated rings. The van der Waals surface area contributed by atoms with Crippen molar-refractivity contribution in [1.82, 2.24) is 20.9 Å².